The van der Waals surface area contributed by atoms with Crippen LogP contribution in [0.2, 0.25) is 0 Å². The first-order valence-electron chi connectivity index (χ1n) is 7.28. The van der Waals surface area contributed by atoms with Gasteiger partial charge in [0.05, 0.1) is 17.9 Å². The number of nitrogens with two attached hydrogens (primary N) is 1. The molecule has 0 bridgehead atoms. The van der Waals surface area contributed by atoms with Crippen molar-refractivity contribution in [2.75, 3.05) is 18.8 Å². The van der Waals surface area contributed by atoms with Crippen LogP contribution in [0.25, 0.3) is 22.2 Å². The Morgan fingerprint density at radius 2 is 2.22 bits per heavy atom. The van der Waals surface area contributed by atoms with E-state index in [9.17, 15) is 4.39 Å². The molecule has 1 saturated heterocycles. The van der Waals surface area contributed by atoms with E-state index in [0.717, 1.165) is 36.6 Å². The number of aromatic nitrogens is 4. The second-order valence-electron chi connectivity index (χ2n) is 5.55. The lowest BCUT2D eigenvalue weighted by atomic mass is 10.1. The van der Waals surface area contributed by atoms with Gasteiger partial charge in [-0.15, -0.1) is 0 Å². The summed E-state index contributed by atoms with van der Waals surface area (Å²) in [5.74, 6) is -0.436. The number of nitrogens with zero attached hydrogens (tertiary/aromatic N) is 4. The molecule has 118 valence electrons. The topological polar surface area (TPSA) is 81.6 Å². The third-order valence-corrected chi connectivity index (χ3v) is 4.57. The van der Waals surface area contributed by atoms with Crippen LogP contribution in [0.5, 0.6) is 0 Å². The highest BCUT2D eigenvalue weighted by atomic mass is 79.9. The summed E-state index contributed by atoms with van der Waals surface area (Å²) < 4.78 is 17.1. The van der Waals surface area contributed by atoms with E-state index in [-0.39, 0.29) is 11.6 Å². The average molecular weight is 377 g/mol. The third kappa shape index (κ3) is 2.47. The maximum absolute atomic E-state index is 14.2. The number of hydrogen-bond acceptors (Lipinski definition) is 5. The van der Waals surface area contributed by atoms with Crippen LogP contribution in [0.15, 0.2) is 29.3 Å². The predicted octanol–water partition coefficient (Wildman–Crippen LogP) is 2.51. The zero-order valence-corrected chi connectivity index (χ0v) is 13.7. The van der Waals surface area contributed by atoms with Crippen LogP contribution in [0, 0.1) is 5.82 Å². The van der Waals surface area contributed by atoms with Gasteiger partial charge in [-0.1, -0.05) is 0 Å². The second kappa shape index (κ2) is 5.54. The van der Waals surface area contributed by atoms with E-state index < -0.39 is 5.82 Å². The van der Waals surface area contributed by atoms with Crippen molar-refractivity contribution in [1.29, 1.82) is 0 Å². The Bertz CT molecular complexity index is 887. The quantitative estimate of drug-likeness (QED) is 0.671. The summed E-state index contributed by atoms with van der Waals surface area (Å²) >= 11 is 3.38. The van der Waals surface area contributed by atoms with Gasteiger partial charge in [0.15, 0.2) is 5.82 Å². The molecule has 0 spiro atoms. The van der Waals surface area contributed by atoms with Crippen molar-refractivity contribution in [3.05, 3.63) is 35.1 Å². The van der Waals surface area contributed by atoms with Crippen LogP contribution in [-0.2, 0) is 0 Å². The fraction of sp³-hybridized carbons (Fsp3) is 0.267. The van der Waals surface area contributed by atoms with Crippen molar-refractivity contribution >= 4 is 32.8 Å². The average Bonchev–Trinajstić information content (AvgIpc) is 3.16. The van der Waals surface area contributed by atoms with Crippen LogP contribution >= 0.6 is 15.9 Å². The third-order valence-electron chi connectivity index (χ3n) is 4.13. The molecular weight excluding hydrogens is 363 g/mol. The number of halogens is 2. The summed E-state index contributed by atoms with van der Waals surface area (Å²) in [6, 6.07) is 2.19. The standard InChI is InChI=1S/C15H14BrFN6/c16-13-3-9-10(14-11(17)5-21-15(18)22-14)7-23(12(9)6-20-13)8-1-2-19-4-8/h3,5-8,19H,1-2,4H2,(H2,18,21,22). The fourth-order valence-corrected chi connectivity index (χ4v) is 3.39. The van der Waals surface area contributed by atoms with Gasteiger partial charge in [-0.25, -0.2) is 19.3 Å². The summed E-state index contributed by atoms with van der Waals surface area (Å²) in [6.45, 7) is 1.85. The zero-order chi connectivity index (χ0) is 16.0. The number of fused-ring (bicyclic) bond motifs is 1. The molecule has 0 aromatic carbocycles. The Morgan fingerprint density at radius 3 is 3.00 bits per heavy atom. The lowest BCUT2D eigenvalue weighted by Gasteiger charge is -2.12. The number of pyridine rings is 1. The van der Waals surface area contributed by atoms with E-state index in [1.165, 1.54) is 0 Å². The fourth-order valence-electron chi connectivity index (χ4n) is 3.06. The largest absolute Gasteiger partial charge is 0.368 e. The first kappa shape index (κ1) is 14.5. The number of nitrogen functional groups attached to an aromatic ring is 1. The first-order chi connectivity index (χ1) is 11.1. The molecule has 1 atom stereocenters. The second-order valence-corrected chi connectivity index (χ2v) is 6.36. The number of nitrogens with one attached hydrogen (secondary N) is 1. The van der Waals surface area contributed by atoms with Crippen LogP contribution in [0.4, 0.5) is 10.3 Å². The van der Waals surface area contributed by atoms with Crippen molar-refractivity contribution in [3.8, 4) is 11.3 Å². The number of anilines is 1. The predicted molar refractivity (Wildman–Crippen MR) is 89.4 cm³/mol. The Hall–Kier alpha value is -2.06. The van der Waals surface area contributed by atoms with Crippen molar-refractivity contribution in [2.24, 2.45) is 0 Å². The SMILES string of the molecule is Nc1ncc(F)c(-c2cn(C3CCNC3)c3cnc(Br)cc23)n1. The molecule has 0 amide bonds. The number of hydrogen-bond donors (Lipinski definition) is 2. The molecule has 3 aromatic rings. The van der Waals surface area contributed by atoms with Crippen LogP contribution in [0.3, 0.4) is 0 Å². The van der Waals surface area contributed by atoms with Crippen LogP contribution < -0.4 is 11.1 Å². The maximum Gasteiger partial charge on any atom is 0.220 e. The van der Waals surface area contributed by atoms with Crippen LogP contribution in [-0.4, -0.2) is 32.6 Å². The monoisotopic (exact) mass is 376 g/mol. The Labute approximate surface area is 140 Å². The minimum Gasteiger partial charge on any atom is -0.368 e. The Morgan fingerprint density at radius 1 is 1.35 bits per heavy atom. The van der Waals surface area contributed by atoms with E-state index in [0.29, 0.717) is 16.2 Å². The van der Waals surface area contributed by atoms with Gasteiger partial charge in [-0.05, 0) is 35.0 Å². The highest BCUT2D eigenvalue weighted by Gasteiger charge is 2.22. The molecule has 23 heavy (non-hydrogen) atoms. The van der Waals surface area contributed by atoms with Crippen molar-refractivity contribution in [1.82, 2.24) is 24.8 Å². The number of rotatable bonds is 2. The van der Waals surface area contributed by atoms with Crippen molar-refractivity contribution in [2.45, 2.75) is 12.5 Å². The molecule has 1 aliphatic heterocycles. The van der Waals surface area contributed by atoms with Crippen molar-refractivity contribution in [3.63, 3.8) is 0 Å². The smallest absolute Gasteiger partial charge is 0.220 e. The van der Waals surface area contributed by atoms with Gasteiger partial charge in [0, 0.05) is 29.7 Å². The molecule has 3 N–H and O–H groups in total. The molecule has 0 radical (unpaired) electrons. The highest BCUT2D eigenvalue weighted by molar-refractivity contribution is 9.10. The summed E-state index contributed by atoms with van der Waals surface area (Å²) in [7, 11) is 0. The van der Waals surface area contributed by atoms with Gasteiger partial charge >= 0.3 is 0 Å². The van der Waals surface area contributed by atoms with E-state index in [1.54, 1.807) is 6.20 Å². The first-order valence-corrected chi connectivity index (χ1v) is 8.08. The molecule has 3 aromatic heterocycles. The van der Waals surface area contributed by atoms with E-state index in [1.807, 2.05) is 12.3 Å². The molecule has 8 heteroatoms. The van der Waals surface area contributed by atoms with Gasteiger partial charge in [0.25, 0.3) is 0 Å². The Kier molecular flexibility index (Phi) is 3.50. The minimum atomic E-state index is -0.490. The molecular formula is C15H14BrFN6. The highest BCUT2D eigenvalue weighted by Crippen LogP contribution is 2.35. The van der Waals surface area contributed by atoms with Gasteiger partial charge < -0.3 is 15.6 Å². The molecule has 1 fully saturated rings. The molecule has 1 aliphatic rings. The van der Waals surface area contributed by atoms with Gasteiger partial charge in [0.2, 0.25) is 5.95 Å². The zero-order valence-electron chi connectivity index (χ0n) is 12.1. The van der Waals surface area contributed by atoms with Gasteiger partial charge in [-0.2, -0.15) is 0 Å². The molecule has 4 rings (SSSR count). The summed E-state index contributed by atoms with van der Waals surface area (Å²) in [6.07, 6.45) is 5.85. The maximum atomic E-state index is 14.2. The lowest BCUT2D eigenvalue weighted by Crippen LogP contribution is -2.12. The van der Waals surface area contributed by atoms with E-state index in [4.69, 9.17) is 5.73 Å². The van der Waals surface area contributed by atoms with Gasteiger partial charge in [0.1, 0.15) is 10.3 Å². The Balaban J connectivity index is 1.98. The van der Waals surface area contributed by atoms with Crippen molar-refractivity contribution < 1.29 is 4.39 Å². The molecule has 0 aliphatic carbocycles. The van der Waals surface area contributed by atoms with E-state index in [2.05, 4.69) is 40.8 Å². The molecule has 1 unspecified atom stereocenters. The molecule has 4 heterocycles. The summed E-state index contributed by atoms with van der Waals surface area (Å²) in [5.41, 5.74) is 7.50. The van der Waals surface area contributed by atoms with Crippen LogP contribution in [0.1, 0.15) is 12.5 Å². The van der Waals surface area contributed by atoms with Gasteiger partial charge in [-0.3, -0.25) is 0 Å². The minimum absolute atomic E-state index is 0.0537. The van der Waals surface area contributed by atoms with E-state index >= 15 is 0 Å². The normalized spacial score (nSPS) is 17.9. The molecule has 0 saturated carbocycles. The molecule has 6 nitrogen and oxygen atoms in total. The summed E-state index contributed by atoms with van der Waals surface area (Å²) in [4.78, 5) is 12.1. The lowest BCUT2D eigenvalue weighted by molar-refractivity contribution is 0.565. The summed E-state index contributed by atoms with van der Waals surface area (Å²) in [5, 5.41) is 4.23.